The van der Waals surface area contributed by atoms with Gasteiger partial charge in [0, 0.05) is 12.6 Å². The smallest absolute Gasteiger partial charge is 0.411 e. The Labute approximate surface area is 151 Å². The minimum absolute atomic E-state index is 0. The SMILES string of the molecule is CCCCN(C(=S)[S-])C1CCS(=O)(=O)C1.[K+]. The molecule has 16 heavy (non-hydrogen) atoms. The van der Waals surface area contributed by atoms with Crippen LogP contribution in [-0.4, -0.2) is 41.7 Å². The number of hydrogen-bond acceptors (Lipinski definition) is 4. The average molecular weight is 306 g/mol. The molecular weight excluding hydrogens is 289 g/mol. The zero-order chi connectivity index (χ0) is 11.5. The number of thiocarbonyl (C=S) groups is 1. The molecule has 88 valence electrons. The van der Waals surface area contributed by atoms with Crippen molar-refractivity contribution in [3.05, 3.63) is 0 Å². The summed E-state index contributed by atoms with van der Waals surface area (Å²) in [7, 11) is -2.85. The number of unbranched alkanes of at least 4 members (excludes halogenated alkanes) is 1. The second-order valence-electron chi connectivity index (χ2n) is 3.87. The second kappa shape index (κ2) is 7.99. The van der Waals surface area contributed by atoms with Crippen molar-refractivity contribution in [2.24, 2.45) is 0 Å². The third-order valence-electron chi connectivity index (χ3n) is 2.64. The molecule has 0 radical (unpaired) electrons. The molecule has 0 amide bonds. The van der Waals surface area contributed by atoms with E-state index < -0.39 is 9.84 Å². The Morgan fingerprint density at radius 2 is 2.19 bits per heavy atom. The fraction of sp³-hybridized carbons (Fsp3) is 0.889. The summed E-state index contributed by atoms with van der Waals surface area (Å²) in [6.07, 6.45) is 2.74. The van der Waals surface area contributed by atoms with Gasteiger partial charge in [0.05, 0.1) is 11.5 Å². The maximum atomic E-state index is 11.3. The summed E-state index contributed by atoms with van der Waals surface area (Å²) in [5, 5.41) is 0. The standard InChI is InChI=1S/C9H17NO2S3.K/c1-2-3-5-10(9(13)14)8-4-6-15(11,12)7-8;/h8H,2-7H2,1H3,(H,13,14);/q;+1/p-1. The third kappa shape index (κ3) is 5.56. The topological polar surface area (TPSA) is 37.4 Å². The van der Waals surface area contributed by atoms with Crippen molar-refractivity contribution >= 4 is 39.0 Å². The summed E-state index contributed by atoms with van der Waals surface area (Å²) < 4.78 is 23.1. The number of nitrogens with zero attached hydrogens (tertiary/aromatic N) is 1. The monoisotopic (exact) mass is 305 g/mol. The number of hydrogen-bond donors (Lipinski definition) is 0. The van der Waals surface area contributed by atoms with E-state index in [9.17, 15) is 8.42 Å². The van der Waals surface area contributed by atoms with E-state index in [4.69, 9.17) is 24.8 Å². The van der Waals surface area contributed by atoms with Gasteiger partial charge in [-0.2, -0.15) is 0 Å². The summed E-state index contributed by atoms with van der Waals surface area (Å²) >= 11 is 9.98. The van der Waals surface area contributed by atoms with Gasteiger partial charge in [-0.15, -0.1) is 0 Å². The van der Waals surface area contributed by atoms with Crippen LogP contribution in [0, 0.1) is 0 Å². The average Bonchev–Trinajstić information content (AvgIpc) is 2.46. The molecule has 0 aromatic carbocycles. The molecule has 1 unspecified atom stereocenters. The van der Waals surface area contributed by atoms with Crippen LogP contribution in [0.1, 0.15) is 26.2 Å². The zero-order valence-electron chi connectivity index (χ0n) is 9.81. The van der Waals surface area contributed by atoms with Crippen molar-refractivity contribution in [2.45, 2.75) is 32.2 Å². The van der Waals surface area contributed by atoms with Crippen molar-refractivity contribution in [3.63, 3.8) is 0 Å². The second-order valence-corrected chi connectivity index (χ2v) is 7.13. The van der Waals surface area contributed by atoms with Crippen LogP contribution in [0.25, 0.3) is 0 Å². The fourth-order valence-corrected chi connectivity index (χ4v) is 3.98. The minimum Gasteiger partial charge on any atom is -0.411 e. The molecule has 0 spiro atoms. The van der Waals surface area contributed by atoms with E-state index in [2.05, 4.69) is 6.92 Å². The first-order chi connectivity index (χ1) is 6.96. The summed E-state index contributed by atoms with van der Waals surface area (Å²) in [6, 6.07) is 0.0200. The first-order valence-corrected chi connectivity index (χ1v) is 7.78. The van der Waals surface area contributed by atoms with Gasteiger partial charge >= 0.3 is 51.4 Å². The van der Waals surface area contributed by atoms with Crippen molar-refractivity contribution in [3.8, 4) is 0 Å². The molecule has 1 aliphatic heterocycles. The summed E-state index contributed by atoms with van der Waals surface area (Å²) in [6.45, 7) is 2.88. The van der Waals surface area contributed by atoms with Crippen LogP contribution in [0.5, 0.6) is 0 Å². The van der Waals surface area contributed by atoms with Crippen LogP contribution in [0.3, 0.4) is 0 Å². The summed E-state index contributed by atoms with van der Waals surface area (Å²) in [4.78, 5) is 1.90. The Kier molecular flexibility index (Phi) is 8.83. The van der Waals surface area contributed by atoms with Gasteiger partial charge in [0.15, 0.2) is 9.84 Å². The van der Waals surface area contributed by atoms with Crippen molar-refractivity contribution < 1.29 is 59.8 Å². The van der Waals surface area contributed by atoms with Crippen LogP contribution in [0.4, 0.5) is 0 Å². The van der Waals surface area contributed by atoms with Crippen LogP contribution in [0.15, 0.2) is 0 Å². The van der Waals surface area contributed by atoms with E-state index in [0.29, 0.717) is 10.7 Å². The molecule has 7 heteroatoms. The van der Waals surface area contributed by atoms with Crippen molar-refractivity contribution in [2.75, 3.05) is 18.1 Å². The molecule has 3 nitrogen and oxygen atoms in total. The van der Waals surface area contributed by atoms with E-state index in [1.165, 1.54) is 0 Å². The molecule has 1 aliphatic rings. The van der Waals surface area contributed by atoms with E-state index in [-0.39, 0.29) is 68.9 Å². The molecule has 0 saturated carbocycles. The van der Waals surface area contributed by atoms with Crippen molar-refractivity contribution in [1.29, 1.82) is 0 Å². The predicted octanol–water partition coefficient (Wildman–Crippen LogP) is -1.89. The largest absolute Gasteiger partial charge is 1.00 e. The number of rotatable bonds is 4. The minimum atomic E-state index is -2.85. The van der Waals surface area contributed by atoms with Crippen LogP contribution >= 0.6 is 12.2 Å². The van der Waals surface area contributed by atoms with Gasteiger partial charge in [0.1, 0.15) is 0 Å². The van der Waals surface area contributed by atoms with Gasteiger partial charge in [0.25, 0.3) is 0 Å². The Bertz CT molecular complexity index is 332. The Hall–Kier alpha value is 1.70. The molecule has 1 rings (SSSR count). The van der Waals surface area contributed by atoms with Crippen molar-refractivity contribution in [1.82, 2.24) is 4.90 Å². The van der Waals surface area contributed by atoms with E-state index in [1.54, 1.807) is 0 Å². The van der Waals surface area contributed by atoms with Crippen LogP contribution in [-0.2, 0) is 22.5 Å². The van der Waals surface area contributed by atoms with Gasteiger partial charge in [-0.1, -0.05) is 17.7 Å². The Morgan fingerprint density at radius 3 is 2.56 bits per heavy atom. The number of sulfone groups is 1. The molecule has 1 atom stereocenters. The first kappa shape index (κ1) is 17.7. The Balaban J connectivity index is 0.00000225. The summed E-state index contributed by atoms with van der Waals surface area (Å²) in [5.74, 6) is 0.492. The van der Waals surface area contributed by atoms with Crippen LogP contribution < -0.4 is 51.4 Å². The van der Waals surface area contributed by atoms with Gasteiger partial charge in [-0.25, -0.2) is 8.42 Å². The zero-order valence-corrected chi connectivity index (χ0v) is 15.4. The van der Waals surface area contributed by atoms with Gasteiger partial charge < -0.3 is 29.7 Å². The summed E-state index contributed by atoms with van der Waals surface area (Å²) in [5.41, 5.74) is 0. The normalized spacial score (nSPS) is 22.4. The molecule has 0 aromatic rings. The molecule has 1 heterocycles. The fourth-order valence-electron chi connectivity index (χ4n) is 1.77. The van der Waals surface area contributed by atoms with Gasteiger partial charge in [-0.05, 0) is 12.8 Å². The molecule has 0 aromatic heterocycles. The Morgan fingerprint density at radius 1 is 1.56 bits per heavy atom. The van der Waals surface area contributed by atoms with E-state index in [0.717, 1.165) is 19.4 Å². The van der Waals surface area contributed by atoms with Gasteiger partial charge in [0.2, 0.25) is 0 Å². The quantitative estimate of drug-likeness (QED) is 0.345. The molecule has 1 saturated heterocycles. The van der Waals surface area contributed by atoms with Gasteiger partial charge in [-0.3, -0.25) is 0 Å². The van der Waals surface area contributed by atoms with E-state index in [1.807, 2.05) is 4.90 Å². The molecule has 0 N–H and O–H groups in total. The predicted molar refractivity (Wildman–Crippen MR) is 68.6 cm³/mol. The van der Waals surface area contributed by atoms with Crippen LogP contribution in [0.2, 0.25) is 0 Å². The molecular formula is C9H16KNO2S3. The molecule has 1 fully saturated rings. The maximum Gasteiger partial charge on any atom is 1.00 e. The third-order valence-corrected chi connectivity index (χ3v) is 4.86. The molecule has 0 aliphatic carbocycles. The first-order valence-electron chi connectivity index (χ1n) is 5.14. The maximum absolute atomic E-state index is 11.3. The van der Waals surface area contributed by atoms with E-state index >= 15 is 0 Å². The molecule has 0 bridgehead atoms.